The van der Waals surface area contributed by atoms with Gasteiger partial charge in [-0.15, -0.1) is 12.4 Å². The van der Waals surface area contributed by atoms with Crippen molar-refractivity contribution in [2.75, 3.05) is 33.3 Å². The Hall–Kier alpha value is -0.320. The molecule has 102 valence electrons. The third-order valence-corrected chi connectivity index (χ3v) is 3.24. The molecule has 1 aliphatic rings. The number of methoxy groups -OCH3 is 1. The largest absolute Gasteiger partial charge is 0.469 e. The number of carbonyl (C=O) groups excluding carboxylic acids is 1. The predicted octanol–water partition coefficient (Wildman–Crippen LogP) is 1.29. The molecule has 0 aromatic rings. The monoisotopic (exact) mass is 264 g/mol. The van der Waals surface area contributed by atoms with E-state index < -0.39 is 0 Å². The van der Waals surface area contributed by atoms with Crippen LogP contribution in [0.2, 0.25) is 0 Å². The van der Waals surface area contributed by atoms with E-state index in [0.717, 1.165) is 32.6 Å². The Balaban J connectivity index is 0.00000256. The quantitative estimate of drug-likeness (QED) is 0.777. The maximum Gasteiger partial charge on any atom is 0.311 e. The molecule has 1 fully saturated rings. The van der Waals surface area contributed by atoms with Gasteiger partial charge in [-0.25, -0.2) is 0 Å². The van der Waals surface area contributed by atoms with Crippen LogP contribution in [0, 0.1) is 5.41 Å². The number of nitrogens with one attached hydrogen (secondary N) is 1. The van der Waals surface area contributed by atoms with Crippen molar-refractivity contribution < 1.29 is 9.53 Å². The molecule has 0 aromatic heterocycles. The summed E-state index contributed by atoms with van der Waals surface area (Å²) in [4.78, 5) is 13.9. The van der Waals surface area contributed by atoms with E-state index in [-0.39, 0.29) is 23.8 Å². The summed E-state index contributed by atoms with van der Waals surface area (Å²) in [6.07, 6.45) is 0.854. The summed E-state index contributed by atoms with van der Waals surface area (Å²) in [6, 6.07) is 0.551. The van der Waals surface area contributed by atoms with Gasteiger partial charge in [0, 0.05) is 25.7 Å². The predicted molar refractivity (Wildman–Crippen MR) is 71.6 cm³/mol. The molecule has 1 N–H and O–H groups in total. The number of piperazine rings is 1. The van der Waals surface area contributed by atoms with Crippen molar-refractivity contribution in [2.24, 2.45) is 5.41 Å². The zero-order valence-electron chi connectivity index (χ0n) is 11.3. The van der Waals surface area contributed by atoms with E-state index in [1.54, 1.807) is 0 Å². The second-order valence-electron chi connectivity index (χ2n) is 5.28. The lowest BCUT2D eigenvalue weighted by molar-refractivity contribution is -0.151. The lowest BCUT2D eigenvalue weighted by atomic mass is 9.89. The molecule has 1 aliphatic heterocycles. The summed E-state index contributed by atoms with van der Waals surface area (Å²) >= 11 is 0. The summed E-state index contributed by atoms with van der Waals surface area (Å²) in [7, 11) is 1.46. The fraction of sp³-hybridized carbons (Fsp3) is 0.917. The van der Waals surface area contributed by atoms with Crippen molar-refractivity contribution in [3.05, 3.63) is 0 Å². The molecule has 1 rings (SSSR count). The minimum atomic E-state index is -0.372. The third kappa shape index (κ3) is 5.23. The first-order chi connectivity index (χ1) is 7.45. The Kier molecular flexibility index (Phi) is 7.05. The fourth-order valence-corrected chi connectivity index (χ4v) is 2.03. The summed E-state index contributed by atoms with van der Waals surface area (Å²) in [6.45, 7) is 10.2. The molecule has 0 spiro atoms. The maximum atomic E-state index is 11.5. The van der Waals surface area contributed by atoms with Crippen LogP contribution in [0.5, 0.6) is 0 Å². The molecule has 1 unspecified atom stereocenters. The Morgan fingerprint density at radius 3 is 2.71 bits per heavy atom. The van der Waals surface area contributed by atoms with E-state index in [1.807, 2.05) is 13.8 Å². The van der Waals surface area contributed by atoms with Crippen LogP contribution in [0.1, 0.15) is 27.2 Å². The highest BCUT2D eigenvalue weighted by molar-refractivity contribution is 5.85. The SMILES string of the molecule is COC(=O)C(C)(C)CCN1CCNC(C)C1.Cl. The molecule has 1 saturated heterocycles. The summed E-state index contributed by atoms with van der Waals surface area (Å²) in [5, 5.41) is 3.41. The highest BCUT2D eigenvalue weighted by atomic mass is 35.5. The summed E-state index contributed by atoms with van der Waals surface area (Å²) in [5.74, 6) is -0.115. The molecule has 1 heterocycles. The highest BCUT2D eigenvalue weighted by Gasteiger charge is 2.29. The van der Waals surface area contributed by atoms with Gasteiger partial charge in [-0.3, -0.25) is 4.79 Å². The first-order valence-corrected chi connectivity index (χ1v) is 6.00. The van der Waals surface area contributed by atoms with Crippen molar-refractivity contribution in [1.29, 1.82) is 0 Å². The molecule has 0 aromatic carbocycles. The number of esters is 1. The van der Waals surface area contributed by atoms with Crippen molar-refractivity contribution in [2.45, 2.75) is 33.2 Å². The third-order valence-electron chi connectivity index (χ3n) is 3.24. The van der Waals surface area contributed by atoms with Gasteiger partial charge in [0.05, 0.1) is 12.5 Å². The van der Waals surface area contributed by atoms with Crippen LogP contribution in [-0.2, 0) is 9.53 Å². The zero-order valence-corrected chi connectivity index (χ0v) is 12.1. The van der Waals surface area contributed by atoms with Crippen molar-refractivity contribution in [1.82, 2.24) is 10.2 Å². The molecular formula is C12H25ClN2O2. The first-order valence-electron chi connectivity index (χ1n) is 6.00. The molecule has 17 heavy (non-hydrogen) atoms. The molecule has 0 aliphatic carbocycles. The molecule has 0 amide bonds. The maximum absolute atomic E-state index is 11.5. The van der Waals surface area contributed by atoms with Gasteiger partial charge in [0.1, 0.15) is 0 Å². The van der Waals surface area contributed by atoms with Gasteiger partial charge in [0.2, 0.25) is 0 Å². The second kappa shape index (κ2) is 7.19. The Bertz CT molecular complexity index is 247. The van der Waals surface area contributed by atoms with E-state index >= 15 is 0 Å². The van der Waals surface area contributed by atoms with Crippen molar-refractivity contribution in [3.63, 3.8) is 0 Å². The first kappa shape index (κ1) is 16.7. The average molecular weight is 265 g/mol. The van der Waals surface area contributed by atoms with Gasteiger partial charge in [-0.05, 0) is 33.7 Å². The second-order valence-corrected chi connectivity index (χ2v) is 5.28. The number of ether oxygens (including phenoxy) is 1. The molecule has 0 bridgehead atoms. The molecule has 0 saturated carbocycles. The highest BCUT2D eigenvalue weighted by Crippen LogP contribution is 2.22. The molecule has 5 heteroatoms. The van der Waals surface area contributed by atoms with Crippen LogP contribution in [0.4, 0.5) is 0 Å². The number of hydrogen-bond acceptors (Lipinski definition) is 4. The number of rotatable bonds is 4. The lowest BCUT2D eigenvalue weighted by Gasteiger charge is -2.33. The van der Waals surface area contributed by atoms with E-state index in [1.165, 1.54) is 7.11 Å². The van der Waals surface area contributed by atoms with Crippen LogP contribution in [0.25, 0.3) is 0 Å². The summed E-state index contributed by atoms with van der Waals surface area (Å²) in [5.41, 5.74) is -0.372. The van der Waals surface area contributed by atoms with E-state index in [9.17, 15) is 4.79 Å². The van der Waals surface area contributed by atoms with Crippen LogP contribution in [-0.4, -0.2) is 50.2 Å². The van der Waals surface area contributed by atoms with Crippen LogP contribution in [0.15, 0.2) is 0 Å². The van der Waals surface area contributed by atoms with Gasteiger partial charge < -0.3 is 15.0 Å². The molecular weight excluding hydrogens is 240 g/mol. The standard InChI is InChI=1S/C12H24N2O2.ClH/c1-10-9-14(8-6-13-10)7-5-12(2,3)11(15)16-4;/h10,13H,5-9H2,1-4H3;1H. The molecule has 0 radical (unpaired) electrons. The molecule has 4 nitrogen and oxygen atoms in total. The Labute approximate surface area is 110 Å². The van der Waals surface area contributed by atoms with E-state index in [0.29, 0.717) is 6.04 Å². The van der Waals surface area contributed by atoms with Gasteiger partial charge in [0.25, 0.3) is 0 Å². The number of nitrogens with zero attached hydrogens (tertiary/aromatic N) is 1. The topological polar surface area (TPSA) is 41.6 Å². The number of halogens is 1. The van der Waals surface area contributed by atoms with Gasteiger partial charge in [-0.1, -0.05) is 0 Å². The van der Waals surface area contributed by atoms with Gasteiger partial charge in [0.15, 0.2) is 0 Å². The van der Waals surface area contributed by atoms with Gasteiger partial charge >= 0.3 is 5.97 Å². The minimum Gasteiger partial charge on any atom is -0.469 e. The fourth-order valence-electron chi connectivity index (χ4n) is 2.03. The number of carbonyl (C=O) groups is 1. The minimum absolute atomic E-state index is 0. The average Bonchev–Trinajstić information content (AvgIpc) is 2.25. The normalized spacial score (nSPS) is 21.8. The molecule has 1 atom stereocenters. The zero-order chi connectivity index (χ0) is 12.2. The Morgan fingerprint density at radius 1 is 1.53 bits per heavy atom. The van der Waals surface area contributed by atoms with E-state index in [2.05, 4.69) is 17.1 Å². The lowest BCUT2D eigenvalue weighted by Crippen LogP contribution is -2.50. The van der Waals surface area contributed by atoms with Crippen LogP contribution >= 0.6 is 12.4 Å². The van der Waals surface area contributed by atoms with Crippen molar-refractivity contribution >= 4 is 18.4 Å². The van der Waals surface area contributed by atoms with Crippen LogP contribution in [0.3, 0.4) is 0 Å². The van der Waals surface area contributed by atoms with Crippen LogP contribution < -0.4 is 5.32 Å². The Morgan fingerprint density at radius 2 is 2.18 bits per heavy atom. The number of hydrogen-bond donors (Lipinski definition) is 1. The van der Waals surface area contributed by atoms with Crippen molar-refractivity contribution in [3.8, 4) is 0 Å². The summed E-state index contributed by atoms with van der Waals surface area (Å²) < 4.78 is 4.81. The van der Waals surface area contributed by atoms with E-state index in [4.69, 9.17) is 4.74 Å². The smallest absolute Gasteiger partial charge is 0.311 e. The van der Waals surface area contributed by atoms with Gasteiger partial charge in [-0.2, -0.15) is 0 Å².